The molecule has 1 fully saturated rings. The minimum Gasteiger partial charge on any atom is -0.331 e. The SMILES string of the molecule is CC(C)(C(=O)N1CCN(c2ccccc2C#N)C(=O)C1)c1ccccc1. The van der Waals surface area contributed by atoms with E-state index in [2.05, 4.69) is 6.07 Å². The van der Waals surface area contributed by atoms with Gasteiger partial charge >= 0.3 is 0 Å². The Bertz CT molecular complexity index is 868. The van der Waals surface area contributed by atoms with Crippen LogP contribution in [0, 0.1) is 11.3 Å². The summed E-state index contributed by atoms with van der Waals surface area (Å²) in [4.78, 5) is 28.9. The van der Waals surface area contributed by atoms with Gasteiger partial charge in [-0.1, -0.05) is 42.5 Å². The summed E-state index contributed by atoms with van der Waals surface area (Å²) in [5.41, 5.74) is 1.29. The Kier molecular flexibility index (Phi) is 4.77. The lowest BCUT2D eigenvalue weighted by Gasteiger charge is -2.38. The van der Waals surface area contributed by atoms with Crippen molar-refractivity contribution in [1.82, 2.24) is 4.90 Å². The van der Waals surface area contributed by atoms with Gasteiger partial charge in [0.05, 0.1) is 16.7 Å². The molecule has 0 aromatic heterocycles. The monoisotopic (exact) mass is 347 g/mol. The summed E-state index contributed by atoms with van der Waals surface area (Å²) >= 11 is 0. The van der Waals surface area contributed by atoms with Crippen molar-refractivity contribution in [3.05, 3.63) is 65.7 Å². The van der Waals surface area contributed by atoms with E-state index in [1.807, 2.05) is 44.2 Å². The average molecular weight is 347 g/mol. The Labute approximate surface area is 153 Å². The Morgan fingerprint density at radius 3 is 2.35 bits per heavy atom. The maximum absolute atomic E-state index is 13.0. The largest absolute Gasteiger partial charge is 0.331 e. The summed E-state index contributed by atoms with van der Waals surface area (Å²) in [6.45, 7) is 4.61. The fraction of sp³-hybridized carbons (Fsp3) is 0.286. The van der Waals surface area contributed by atoms with Crippen LogP contribution in [-0.2, 0) is 15.0 Å². The molecule has 2 aromatic carbocycles. The van der Waals surface area contributed by atoms with Crippen molar-refractivity contribution in [3.8, 4) is 6.07 Å². The molecule has 1 heterocycles. The number of rotatable bonds is 3. The minimum atomic E-state index is -0.700. The number of para-hydroxylation sites is 1. The fourth-order valence-electron chi connectivity index (χ4n) is 3.28. The van der Waals surface area contributed by atoms with E-state index >= 15 is 0 Å². The van der Waals surface area contributed by atoms with Gasteiger partial charge in [0.25, 0.3) is 0 Å². The molecular weight excluding hydrogens is 326 g/mol. The molecule has 2 amide bonds. The van der Waals surface area contributed by atoms with Gasteiger partial charge in [-0.15, -0.1) is 0 Å². The molecule has 1 aliphatic heterocycles. The Morgan fingerprint density at radius 2 is 1.69 bits per heavy atom. The fourth-order valence-corrected chi connectivity index (χ4v) is 3.28. The van der Waals surface area contributed by atoms with Crippen LogP contribution in [0.5, 0.6) is 0 Å². The van der Waals surface area contributed by atoms with Crippen LogP contribution in [-0.4, -0.2) is 36.3 Å². The molecular formula is C21H21N3O2. The number of hydrogen-bond donors (Lipinski definition) is 0. The molecule has 5 nitrogen and oxygen atoms in total. The first-order valence-electron chi connectivity index (χ1n) is 8.59. The molecule has 26 heavy (non-hydrogen) atoms. The summed E-state index contributed by atoms with van der Waals surface area (Å²) in [7, 11) is 0. The number of nitriles is 1. The summed E-state index contributed by atoms with van der Waals surface area (Å²) < 4.78 is 0. The van der Waals surface area contributed by atoms with Crippen molar-refractivity contribution in [2.24, 2.45) is 0 Å². The summed E-state index contributed by atoms with van der Waals surface area (Å²) in [5, 5.41) is 9.26. The zero-order valence-corrected chi connectivity index (χ0v) is 15.0. The van der Waals surface area contributed by atoms with Crippen LogP contribution in [0.2, 0.25) is 0 Å². The van der Waals surface area contributed by atoms with Crippen LogP contribution in [0.4, 0.5) is 5.69 Å². The molecule has 0 aliphatic carbocycles. The highest BCUT2D eigenvalue weighted by Crippen LogP contribution is 2.27. The molecule has 132 valence electrons. The van der Waals surface area contributed by atoms with Crippen molar-refractivity contribution in [2.45, 2.75) is 19.3 Å². The summed E-state index contributed by atoms with van der Waals surface area (Å²) in [6, 6.07) is 18.7. The summed E-state index contributed by atoms with van der Waals surface area (Å²) in [6.07, 6.45) is 0. The first kappa shape index (κ1) is 17.7. The van der Waals surface area contributed by atoms with Crippen LogP contribution < -0.4 is 4.90 Å². The normalized spacial score (nSPS) is 14.9. The van der Waals surface area contributed by atoms with Crippen molar-refractivity contribution in [3.63, 3.8) is 0 Å². The molecule has 0 N–H and O–H groups in total. The molecule has 0 bridgehead atoms. The number of amides is 2. The van der Waals surface area contributed by atoms with Crippen LogP contribution in [0.25, 0.3) is 0 Å². The quantitative estimate of drug-likeness (QED) is 0.857. The third-order valence-electron chi connectivity index (χ3n) is 4.85. The molecule has 0 radical (unpaired) electrons. The molecule has 0 saturated carbocycles. The molecule has 1 saturated heterocycles. The van der Waals surface area contributed by atoms with E-state index in [0.29, 0.717) is 24.3 Å². The number of carbonyl (C=O) groups excluding carboxylic acids is 2. The van der Waals surface area contributed by atoms with Crippen molar-refractivity contribution in [2.75, 3.05) is 24.5 Å². The lowest BCUT2D eigenvalue weighted by atomic mass is 9.83. The Morgan fingerprint density at radius 1 is 1.04 bits per heavy atom. The average Bonchev–Trinajstić information content (AvgIpc) is 2.68. The highest BCUT2D eigenvalue weighted by molar-refractivity contribution is 6.00. The zero-order valence-electron chi connectivity index (χ0n) is 15.0. The van der Waals surface area contributed by atoms with Gasteiger partial charge in [-0.3, -0.25) is 9.59 Å². The molecule has 0 spiro atoms. The first-order valence-corrected chi connectivity index (χ1v) is 8.59. The smallest absolute Gasteiger partial charge is 0.246 e. The van der Waals surface area contributed by atoms with E-state index < -0.39 is 5.41 Å². The van der Waals surface area contributed by atoms with E-state index in [9.17, 15) is 14.9 Å². The predicted molar refractivity (Wildman–Crippen MR) is 99.6 cm³/mol. The number of benzene rings is 2. The summed E-state index contributed by atoms with van der Waals surface area (Å²) in [5.74, 6) is -0.235. The second-order valence-electron chi connectivity index (χ2n) is 6.89. The minimum absolute atomic E-state index is 0.0227. The lowest BCUT2D eigenvalue weighted by molar-refractivity contribution is -0.140. The molecule has 3 rings (SSSR count). The van der Waals surface area contributed by atoms with Gasteiger partial charge in [0, 0.05) is 13.1 Å². The van der Waals surface area contributed by atoms with E-state index in [1.54, 1.807) is 34.1 Å². The standard InChI is InChI=1S/C21H21N3O2/c1-21(2,17-9-4-3-5-10-17)20(26)23-12-13-24(19(25)15-23)18-11-7-6-8-16(18)14-22/h3-11H,12-13,15H2,1-2H3. The van der Waals surface area contributed by atoms with Crippen LogP contribution in [0.15, 0.2) is 54.6 Å². The van der Waals surface area contributed by atoms with Gasteiger partial charge < -0.3 is 9.80 Å². The van der Waals surface area contributed by atoms with Crippen LogP contribution in [0.3, 0.4) is 0 Å². The topological polar surface area (TPSA) is 64.4 Å². The second kappa shape index (κ2) is 7.01. The molecule has 2 aromatic rings. The highest BCUT2D eigenvalue weighted by atomic mass is 16.2. The van der Waals surface area contributed by atoms with Gasteiger partial charge in [-0.25, -0.2) is 0 Å². The van der Waals surface area contributed by atoms with Crippen molar-refractivity contribution in [1.29, 1.82) is 5.26 Å². The molecule has 1 aliphatic rings. The van der Waals surface area contributed by atoms with E-state index in [0.717, 1.165) is 5.56 Å². The van der Waals surface area contributed by atoms with Gasteiger partial charge in [0.1, 0.15) is 12.6 Å². The van der Waals surface area contributed by atoms with Gasteiger partial charge in [-0.05, 0) is 31.5 Å². The maximum Gasteiger partial charge on any atom is 0.246 e. The van der Waals surface area contributed by atoms with Gasteiger partial charge in [0.15, 0.2) is 0 Å². The number of anilines is 1. The van der Waals surface area contributed by atoms with E-state index in [-0.39, 0.29) is 18.4 Å². The third kappa shape index (κ3) is 3.18. The molecule has 5 heteroatoms. The number of carbonyl (C=O) groups is 2. The first-order chi connectivity index (χ1) is 12.4. The lowest BCUT2D eigenvalue weighted by Crippen LogP contribution is -2.56. The van der Waals surface area contributed by atoms with E-state index in [1.165, 1.54) is 0 Å². The van der Waals surface area contributed by atoms with Crippen LogP contribution in [0.1, 0.15) is 25.0 Å². The molecule has 0 atom stereocenters. The van der Waals surface area contributed by atoms with Gasteiger partial charge in [-0.2, -0.15) is 5.26 Å². The number of nitrogens with zero attached hydrogens (tertiary/aromatic N) is 3. The maximum atomic E-state index is 13.0. The molecule has 0 unspecified atom stereocenters. The number of hydrogen-bond acceptors (Lipinski definition) is 3. The van der Waals surface area contributed by atoms with E-state index in [4.69, 9.17) is 0 Å². The van der Waals surface area contributed by atoms with Gasteiger partial charge in [0.2, 0.25) is 11.8 Å². The van der Waals surface area contributed by atoms with Crippen LogP contribution >= 0.6 is 0 Å². The third-order valence-corrected chi connectivity index (χ3v) is 4.85. The van der Waals surface area contributed by atoms with Crippen molar-refractivity contribution < 1.29 is 9.59 Å². The highest BCUT2D eigenvalue weighted by Gasteiger charge is 2.37. The van der Waals surface area contributed by atoms with Crippen molar-refractivity contribution >= 4 is 17.5 Å². The Balaban J connectivity index is 1.78. The number of piperazine rings is 1. The predicted octanol–water partition coefficient (Wildman–Crippen LogP) is 2.71. The zero-order chi connectivity index (χ0) is 18.7. The Hall–Kier alpha value is -3.13. The second-order valence-corrected chi connectivity index (χ2v) is 6.89.